The molecule has 3 heterocycles. The van der Waals surface area contributed by atoms with Crippen LogP contribution < -0.4 is 4.74 Å². The smallest absolute Gasteiger partial charge is 0.250 e. The highest BCUT2D eigenvalue weighted by Gasteiger charge is 2.37. The number of hydrogen-bond acceptors (Lipinski definition) is 3. The van der Waals surface area contributed by atoms with Gasteiger partial charge in [-0.1, -0.05) is 18.2 Å². The highest BCUT2D eigenvalue weighted by atomic mass is 19.1. The molecule has 34 heavy (non-hydrogen) atoms. The summed E-state index contributed by atoms with van der Waals surface area (Å²) >= 11 is 0. The van der Waals surface area contributed by atoms with Crippen molar-refractivity contribution in [2.45, 2.75) is 57.5 Å². The van der Waals surface area contributed by atoms with Crippen molar-refractivity contribution < 1.29 is 13.9 Å². The first-order chi connectivity index (χ1) is 16.5. The van der Waals surface area contributed by atoms with Gasteiger partial charge in [0.2, 0.25) is 0 Å². The third-order valence-electron chi connectivity index (χ3n) is 7.03. The van der Waals surface area contributed by atoms with Crippen molar-refractivity contribution in [3.05, 3.63) is 83.2 Å². The number of piperidine rings is 1. The fourth-order valence-electron chi connectivity index (χ4n) is 5.37. The molecule has 3 aromatic rings. The summed E-state index contributed by atoms with van der Waals surface area (Å²) in [6, 6.07) is 12.9. The van der Waals surface area contributed by atoms with Gasteiger partial charge in [0.1, 0.15) is 11.6 Å². The number of nitrogens with zero attached hydrogens (tertiary/aromatic N) is 3. The van der Waals surface area contributed by atoms with Crippen LogP contribution in [0.5, 0.6) is 5.75 Å². The molecule has 2 aliphatic heterocycles. The minimum atomic E-state index is -0.248. The molecule has 0 spiro atoms. The Hall–Kier alpha value is -3.41. The summed E-state index contributed by atoms with van der Waals surface area (Å²) in [5.74, 6) is 0.583. The number of carbonyl (C=O) groups is 1. The van der Waals surface area contributed by atoms with Crippen LogP contribution in [-0.4, -0.2) is 33.5 Å². The number of carbonyl (C=O) groups excluding carboxylic acids is 1. The van der Waals surface area contributed by atoms with Gasteiger partial charge in [0, 0.05) is 17.8 Å². The number of ether oxygens (including phenoxy) is 1. The Morgan fingerprint density at radius 1 is 1.09 bits per heavy atom. The average Bonchev–Trinajstić information content (AvgIpc) is 3.22. The van der Waals surface area contributed by atoms with Crippen molar-refractivity contribution in [1.82, 2.24) is 14.5 Å². The maximum atomic E-state index is 13.8. The fraction of sp³-hybridized carbons (Fsp3) is 0.357. The largest absolute Gasteiger partial charge is 0.495 e. The second kappa shape index (κ2) is 9.45. The summed E-state index contributed by atoms with van der Waals surface area (Å²) in [4.78, 5) is 20.2. The number of rotatable bonds is 4. The second-order valence-corrected chi connectivity index (χ2v) is 9.28. The lowest BCUT2D eigenvalue weighted by Crippen LogP contribution is -2.45. The highest BCUT2D eigenvalue weighted by molar-refractivity contribution is 5.98. The topological polar surface area (TPSA) is 47.4 Å². The van der Waals surface area contributed by atoms with E-state index in [9.17, 15) is 9.18 Å². The van der Waals surface area contributed by atoms with Crippen LogP contribution in [0.2, 0.25) is 0 Å². The lowest BCUT2D eigenvalue weighted by Gasteiger charge is -2.42. The zero-order valence-corrected chi connectivity index (χ0v) is 19.7. The molecule has 0 bridgehead atoms. The number of methoxy groups -OCH3 is 1. The van der Waals surface area contributed by atoms with Gasteiger partial charge in [-0.3, -0.25) is 4.79 Å². The molecule has 0 aliphatic carbocycles. The summed E-state index contributed by atoms with van der Waals surface area (Å²) < 4.78 is 21.1. The maximum absolute atomic E-state index is 13.8. The van der Waals surface area contributed by atoms with Crippen LogP contribution in [0.25, 0.3) is 11.8 Å². The average molecular weight is 460 g/mol. The van der Waals surface area contributed by atoms with Gasteiger partial charge in [0.05, 0.1) is 30.9 Å². The molecule has 0 unspecified atom stereocenters. The van der Waals surface area contributed by atoms with E-state index in [1.807, 2.05) is 54.1 Å². The number of halogens is 1. The third-order valence-corrected chi connectivity index (χ3v) is 7.03. The number of fused-ring (bicyclic) bond motifs is 1. The van der Waals surface area contributed by atoms with Crippen LogP contribution in [0.1, 0.15) is 61.4 Å². The van der Waals surface area contributed by atoms with Gasteiger partial charge in [-0.25, -0.2) is 9.37 Å². The van der Waals surface area contributed by atoms with E-state index in [2.05, 4.69) is 9.88 Å². The van der Waals surface area contributed by atoms with Gasteiger partial charge in [-0.2, -0.15) is 0 Å². The molecule has 176 valence electrons. The first-order valence-electron chi connectivity index (χ1n) is 12.0. The van der Waals surface area contributed by atoms with Crippen LogP contribution in [0, 0.1) is 12.7 Å². The summed E-state index contributed by atoms with van der Waals surface area (Å²) in [7, 11) is 1.65. The molecule has 1 aromatic heterocycles. The SMILES string of the molecule is COc1cc(/C=C2\CCC[C@@H]3CCC[C@H](c4ccc(F)cc4)N3C2=O)ccc1-n1cnc(C)c1. The third kappa shape index (κ3) is 4.37. The van der Waals surface area contributed by atoms with E-state index in [1.54, 1.807) is 13.4 Å². The Morgan fingerprint density at radius 3 is 2.62 bits per heavy atom. The van der Waals surface area contributed by atoms with E-state index in [4.69, 9.17) is 4.74 Å². The van der Waals surface area contributed by atoms with Crippen LogP contribution in [0.3, 0.4) is 0 Å². The predicted molar refractivity (Wildman–Crippen MR) is 130 cm³/mol. The minimum Gasteiger partial charge on any atom is -0.495 e. The first kappa shape index (κ1) is 22.4. The summed E-state index contributed by atoms with van der Waals surface area (Å²) in [5, 5.41) is 0. The molecule has 2 saturated heterocycles. The van der Waals surface area contributed by atoms with E-state index in [1.165, 1.54) is 12.1 Å². The number of imidazole rings is 1. The van der Waals surface area contributed by atoms with Gasteiger partial charge in [0.25, 0.3) is 5.91 Å². The van der Waals surface area contributed by atoms with Gasteiger partial charge >= 0.3 is 0 Å². The minimum absolute atomic E-state index is 0.00487. The van der Waals surface area contributed by atoms with E-state index < -0.39 is 0 Å². The molecule has 2 atom stereocenters. The fourth-order valence-corrected chi connectivity index (χ4v) is 5.37. The Kier molecular flexibility index (Phi) is 6.22. The zero-order valence-electron chi connectivity index (χ0n) is 19.7. The lowest BCUT2D eigenvalue weighted by atomic mass is 9.89. The van der Waals surface area contributed by atoms with Gasteiger partial charge in [-0.05, 0) is 86.9 Å². The number of aryl methyl sites for hydroxylation is 1. The normalized spacial score (nSPS) is 21.9. The molecule has 5 rings (SSSR count). The number of hydrogen-bond donors (Lipinski definition) is 0. The Morgan fingerprint density at radius 2 is 1.88 bits per heavy atom. The molecule has 5 nitrogen and oxygen atoms in total. The molecular formula is C28H30FN3O2. The monoisotopic (exact) mass is 459 g/mol. The van der Waals surface area contributed by atoms with Crippen LogP contribution in [0.4, 0.5) is 4.39 Å². The highest BCUT2D eigenvalue weighted by Crippen LogP contribution is 2.40. The molecule has 0 saturated carbocycles. The van der Waals surface area contributed by atoms with E-state index >= 15 is 0 Å². The van der Waals surface area contributed by atoms with Gasteiger partial charge in [0.15, 0.2) is 0 Å². The van der Waals surface area contributed by atoms with Crippen molar-refractivity contribution in [1.29, 1.82) is 0 Å². The van der Waals surface area contributed by atoms with Crippen molar-refractivity contribution in [3.63, 3.8) is 0 Å². The van der Waals surface area contributed by atoms with E-state index in [-0.39, 0.29) is 23.8 Å². The number of benzene rings is 2. The number of amides is 1. The number of aromatic nitrogens is 2. The molecule has 1 amide bonds. The van der Waals surface area contributed by atoms with Crippen molar-refractivity contribution in [2.24, 2.45) is 0 Å². The lowest BCUT2D eigenvalue weighted by molar-refractivity contribution is -0.133. The summed E-state index contributed by atoms with van der Waals surface area (Å²) in [6.45, 7) is 1.95. The van der Waals surface area contributed by atoms with Crippen molar-refractivity contribution in [2.75, 3.05) is 7.11 Å². The van der Waals surface area contributed by atoms with Crippen molar-refractivity contribution >= 4 is 12.0 Å². The molecule has 2 fully saturated rings. The molecule has 0 N–H and O–H groups in total. The zero-order chi connectivity index (χ0) is 23.7. The molecule has 2 aromatic carbocycles. The first-order valence-corrected chi connectivity index (χ1v) is 12.0. The Bertz CT molecular complexity index is 1210. The van der Waals surface area contributed by atoms with E-state index in [0.717, 1.165) is 72.4 Å². The van der Waals surface area contributed by atoms with Crippen LogP contribution in [0.15, 0.2) is 60.6 Å². The Labute approximate surface area is 199 Å². The molecule has 6 heteroatoms. The second-order valence-electron chi connectivity index (χ2n) is 9.28. The van der Waals surface area contributed by atoms with Crippen molar-refractivity contribution in [3.8, 4) is 11.4 Å². The quantitative estimate of drug-likeness (QED) is 0.449. The summed E-state index contributed by atoms with van der Waals surface area (Å²) in [5.41, 5.74) is 4.62. The predicted octanol–water partition coefficient (Wildman–Crippen LogP) is 6.02. The molecule has 0 radical (unpaired) electrons. The van der Waals surface area contributed by atoms with Gasteiger partial charge < -0.3 is 14.2 Å². The Balaban J connectivity index is 1.47. The molecule has 2 aliphatic rings. The summed E-state index contributed by atoms with van der Waals surface area (Å²) in [6.07, 6.45) is 11.5. The maximum Gasteiger partial charge on any atom is 0.250 e. The van der Waals surface area contributed by atoms with E-state index in [0.29, 0.717) is 0 Å². The van der Waals surface area contributed by atoms with Crippen LogP contribution >= 0.6 is 0 Å². The molecular weight excluding hydrogens is 429 g/mol. The standard InChI is InChI=1S/C28H30FN3O2/c1-19-17-31(18-30-19)26-14-9-20(16-27(26)34-2)15-22-5-3-6-24-7-4-8-25(32(24)28(22)33)21-10-12-23(29)13-11-21/h9-18,24-25H,3-8H2,1-2H3/b22-15+/t24-,25-/m1/s1. The van der Waals surface area contributed by atoms with Crippen LogP contribution in [-0.2, 0) is 4.79 Å². The van der Waals surface area contributed by atoms with Gasteiger partial charge in [-0.15, -0.1) is 0 Å².